The molecule has 0 N–H and O–H groups in total. The molecule has 0 saturated carbocycles. The smallest absolute Gasteiger partial charge is 0.160 e. The van der Waals surface area contributed by atoms with Crippen molar-refractivity contribution in [2.75, 3.05) is 0 Å². The first kappa shape index (κ1) is 31.1. The second-order valence-electron chi connectivity index (χ2n) is 13.4. The van der Waals surface area contributed by atoms with Gasteiger partial charge in [-0.3, -0.25) is 0 Å². The molecule has 0 aliphatic heterocycles. The Labute approximate surface area is 312 Å². The molecule has 8 aromatic carbocycles. The van der Waals surface area contributed by atoms with E-state index in [-0.39, 0.29) is 0 Å². The molecule has 0 aliphatic carbocycles. The molecule has 0 bridgehead atoms. The van der Waals surface area contributed by atoms with E-state index in [1.54, 1.807) is 0 Å². The van der Waals surface area contributed by atoms with Crippen LogP contribution in [0.3, 0.4) is 0 Å². The highest BCUT2D eigenvalue weighted by molar-refractivity contribution is 7.26. The van der Waals surface area contributed by atoms with Crippen LogP contribution < -0.4 is 0 Å². The monoisotopic (exact) mass is 692 g/mol. The van der Waals surface area contributed by atoms with E-state index in [9.17, 15) is 0 Å². The minimum Gasteiger partial charge on any atom is -0.228 e. The van der Waals surface area contributed by atoms with Crippen molar-refractivity contribution in [1.82, 2.24) is 9.97 Å². The summed E-state index contributed by atoms with van der Waals surface area (Å²) in [6.45, 7) is 0. The fraction of sp³-hybridized carbons (Fsp3) is 0. The van der Waals surface area contributed by atoms with Crippen molar-refractivity contribution in [1.29, 1.82) is 0 Å². The average molecular weight is 693 g/mol. The molecule has 0 atom stereocenters. The van der Waals surface area contributed by atoms with Gasteiger partial charge >= 0.3 is 0 Å². The van der Waals surface area contributed by atoms with Crippen LogP contribution in [0.2, 0.25) is 0 Å². The predicted molar refractivity (Wildman–Crippen MR) is 225 cm³/mol. The predicted octanol–water partition coefficient (Wildman–Crippen LogP) is 14.0. The van der Waals surface area contributed by atoms with Gasteiger partial charge in [0, 0.05) is 36.7 Å². The highest BCUT2D eigenvalue weighted by Gasteiger charge is 2.18. The zero-order valence-electron chi connectivity index (χ0n) is 28.8. The Balaban J connectivity index is 1.10. The first-order valence-electron chi connectivity index (χ1n) is 17.9. The van der Waals surface area contributed by atoms with Gasteiger partial charge in [-0.2, -0.15) is 0 Å². The quantitative estimate of drug-likeness (QED) is 0.173. The van der Waals surface area contributed by atoms with Gasteiger partial charge in [0.15, 0.2) is 5.82 Å². The van der Waals surface area contributed by atoms with Crippen molar-refractivity contribution in [3.63, 3.8) is 0 Å². The number of thiophene rings is 1. The summed E-state index contributed by atoms with van der Waals surface area (Å²) in [5.41, 5.74) is 13.4. The Bertz CT molecular complexity index is 2870. The third-order valence-corrected chi connectivity index (χ3v) is 11.2. The molecule has 2 heterocycles. The lowest BCUT2D eigenvalue weighted by atomic mass is 9.92. The van der Waals surface area contributed by atoms with Crippen molar-refractivity contribution in [2.24, 2.45) is 0 Å². The highest BCUT2D eigenvalue weighted by atomic mass is 32.1. The number of benzene rings is 8. The van der Waals surface area contributed by atoms with Crippen LogP contribution in [0.4, 0.5) is 0 Å². The van der Waals surface area contributed by atoms with Gasteiger partial charge in [-0.05, 0) is 93.0 Å². The number of fused-ring (bicyclic) bond motifs is 5. The number of hydrogen-bond acceptors (Lipinski definition) is 3. The van der Waals surface area contributed by atoms with Gasteiger partial charge in [0.1, 0.15) is 0 Å². The minimum atomic E-state index is 0.719. The van der Waals surface area contributed by atoms with Gasteiger partial charge in [-0.1, -0.05) is 146 Å². The molecule has 0 saturated heterocycles. The molecular weight excluding hydrogens is 661 g/mol. The van der Waals surface area contributed by atoms with Crippen LogP contribution in [0.1, 0.15) is 0 Å². The van der Waals surface area contributed by atoms with E-state index in [0.29, 0.717) is 0 Å². The first-order chi connectivity index (χ1) is 26.2. The Morgan fingerprint density at radius 3 is 1.42 bits per heavy atom. The molecule has 10 rings (SSSR count). The van der Waals surface area contributed by atoms with E-state index >= 15 is 0 Å². The largest absolute Gasteiger partial charge is 0.228 e. The molecule has 248 valence electrons. The Morgan fingerprint density at radius 2 is 0.774 bits per heavy atom. The summed E-state index contributed by atoms with van der Waals surface area (Å²) in [4.78, 5) is 10.6. The van der Waals surface area contributed by atoms with Crippen LogP contribution in [0.25, 0.3) is 98.2 Å². The van der Waals surface area contributed by atoms with Crippen LogP contribution in [0.5, 0.6) is 0 Å². The molecule has 0 spiro atoms. The lowest BCUT2D eigenvalue weighted by molar-refractivity contribution is 1.23. The molecule has 53 heavy (non-hydrogen) atoms. The summed E-state index contributed by atoms with van der Waals surface area (Å²) in [6, 6.07) is 69.2. The van der Waals surface area contributed by atoms with E-state index in [0.717, 1.165) is 44.7 Å². The number of hydrogen-bond donors (Lipinski definition) is 0. The minimum absolute atomic E-state index is 0.719. The molecule has 3 heteroatoms. The average Bonchev–Trinajstić information content (AvgIpc) is 3.63. The second-order valence-corrected chi connectivity index (χ2v) is 14.5. The molecule has 0 aliphatic rings. The third-order valence-electron chi connectivity index (χ3n) is 10.0. The lowest BCUT2D eigenvalue weighted by Crippen LogP contribution is -1.96. The zero-order valence-corrected chi connectivity index (χ0v) is 29.6. The lowest BCUT2D eigenvalue weighted by Gasteiger charge is -2.13. The van der Waals surface area contributed by atoms with Gasteiger partial charge < -0.3 is 0 Å². The topological polar surface area (TPSA) is 25.8 Å². The van der Waals surface area contributed by atoms with E-state index in [4.69, 9.17) is 9.97 Å². The maximum Gasteiger partial charge on any atom is 0.160 e. The molecule has 0 unspecified atom stereocenters. The van der Waals surface area contributed by atoms with E-state index in [1.807, 2.05) is 11.3 Å². The summed E-state index contributed by atoms with van der Waals surface area (Å²) < 4.78 is 2.52. The number of aromatic nitrogens is 2. The van der Waals surface area contributed by atoms with Gasteiger partial charge in [0.25, 0.3) is 0 Å². The van der Waals surface area contributed by atoms with Gasteiger partial charge in [-0.15, -0.1) is 11.3 Å². The highest BCUT2D eigenvalue weighted by Crippen LogP contribution is 2.42. The summed E-state index contributed by atoms with van der Waals surface area (Å²) >= 11 is 1.82. The maximum absolute atomic E-state index is 5.35. The fourth-order valence-electron chi connectivity index (χ4n) is 7.48. The van der Waals surface area contributed by atoms with Crippen LogP contribution in [-0.2, 0) is 0 Å². The molecule has 2 aromatic heterocycles. The van der Waals surface area contributed by atoms with Crippen LogP contribution >= 0.6 is 11.3 Å². The van der Waals surface area contributed by atoms with Crippen LogP contribution in [0.15, 0.2) is 194 Å². The maximum atomic E-state index is 5.35. The normalized spacial score (nSPS) is 11.4. The van der Waals surface area contributed by atoms with Crippen molar-refractivity contribution in [3.05, 3.63) is 194 Å². The summed E-state index contributed by atoms with van der Waals surface area (Å²) in [5.74, 6) is 0.719. The third kappa shape index (κ3) is 5.78. The SMILES string of the molecule is c1ccc(-c2cc(-c3ccccc3)cc(-c3cccc(-c4cccc(-c5nc(-c6ccccc6)c6c(ccc7sc8ccccc8c76)n5)c4)c3)c2)cc1. The van der Waals surface area contributed by atoms with Crippen molar-refractivity contribution < 1.29 is 0 Å². The van der Waals surface area contributed by atoms with E-state index < -0.39 is 0 Å². The molecule has 0 fully saturated rings. The molecular formula is C50H32N2S. The zero-order chi connectivity index (χ0) is 35.1. The second kappa shape index (κ2) is 13.1. The fourth-order valence-corrected chi connectivity index (χ4v) is 8.59. The van der Waals surface area contributed by atoms with Crippen molar-refractivity contribution in [3.8, 4) is 67.2 Å². The molecule has 10 aromatic rings. The van der Waals surface area contributed by atoms with Crippen molar-refractivity contribution in [2.45, 2.75) is 0 Å². The summed E-state index contributed by atoms with van der Waals surface area (Å²) in [6.07, 6.45) is 0. The van der Waals surface area contributed by atoms with Gasteiger partial charge in [0.2, 0.25) is 0 Å². The van der Waals surface area contributed by atoms with E-state index in [2.05, 4.69) is 194 Å². The Morgan fingerprint density at radius 1 is 0.302 bits per heavy atom. The number of rotatable bonds is 6. The molecule has 0 amide bonds. The van der Waals surface area contributed by atoms with Gasteiger partial charge in [0.05, 0.1) is 11.2 Å². The Hall–Kier alpha value is -6.68. The molecule has 0 radical (unpaired) electrons. The van der Waals surface area contributed by atoms with Crippen LogP contribution in [-0.4, -0.2) is 9.97 Å². The van der Waals surface area contributed by atoms with Crippen molar-refractivity contribution >= 4 is 42.4 Å². The standard InChI is InChI=1S/C50H32N2S/c1-4-14-33(15-5-1)40-30-41(34-16-6-2-7-17-34)32-42(31-40)38-22-12-20-36(28-38)37-21-13-23-39(29-37)50-51-44-26-27-46-47(43-24-10-11-25-45(43)53-46)48(44)49(52-50)35-18-8-3-9-19-35/h1-32H. The van der Waals surface area contributed by atoms with Crippen LogP contribution in [0, 0.1) is 0 Å². The Kier molecular flexibility index (Phi) is 7.71. The van der Waals surface area contributed by atoms with E-state index in [1.165, 1.54) is 53.6 Å². The van der Waals surface area contributed by atoms with Gasteiger partial charge in [-0.25, -0.2) is 9.97 Å². The molecule has 2 nitrogen and oxygen atoms in total. The number of nitrogens with zero attached hydrogens (tertiary/aromatic N) is 2. The summed E-state index contributed by atoms with van der Waals surface area (Å²) in [7, 11) is 0. The summed E-state index contributed by atoms with van der Waals surface area (Å²) in [5, 5.41) is 3.58. The first-order valence-corrected chi connectivity index (χ1v) is 18.7.